The molecule has 0 radical (unpaired) electrons. The van der Waals surface area contributed by atoms with Crippen molar-refractivity contribution in [3.8, 4) is 5.75 Å². The minimum Gasteiger partial charge on any atom is -0.497 e. The van der Waals surface area contributed by atoms with Crippen LogP contribution in [0.15, 0.2) is 66.7 Å². The maximum atomic E-state index is 13.8. The number of hydrogen-bond donors (Lipinski definition) is 3. The molecule has 2 fully saturated rings. The fraction of sp³-hybridized carbons (Fsp3) is 0.364. The largest absolute Gasteiger partial charge is 0.497 e. The van der Waals surface area contributed by atoms with Crippen molar-refractivity contribution in [1.82, 2.24) is 10.2 Å². The predicted octanol–water partition coefficient (Wildman–Crippen LogP) is 4.44. The van der Waals surface area contributed by atoms with Crippen molar-refractivity contribution < 1.29 is 23.5 Å². The number of nitrogens with zero attached hydrogens (tertiary/aromatic N) is 2. The second-order valence-electron chi connectivity index (χ2n) is 11.1. The lowest BCUT2D eigenvalue weighted by molar-refractivity contribution is 0.0766. The quantitative estimate of drug-likeness (QED) is 0.377. The average molecular weight is 588 g/mol. The van der Waals surface area contributed by atoms with Crippen molar-refractivity contribution in [3.63, 3.8) is 0 Å². The normalized spacial score (nSPS) is 18.9. The maximum Gasteiger partial charge on any atom is 0.255 e. The molecule has 4 N–H and O–H groups in total. The number of anilines is 2. The lowest BCUT2D eigenvalue weighted by Gasteiger charge is -2.28. The molecule has 0 atom stereocenters. The molecule has 5 rings (SSSR count). The minimum atomic E-state index is -0.449. The lowest BCUT2D eigenvalue weighted by Crippen LogP contribution is -2.40. The first-order valence-electron chi connectivity index (χ1n) is 14.8. The van der Waals surface area contributed by atoms with E-state index in [1.165, 1.54) is 18.2 Å². The van der Waals surface area contributed by atoms with E-state index in [1.807, 2.05) is 6.07 Å². The Balaban J connectivity index is 1.37. The van der Waals surface area contributed by atoms with Crippen LogP contribution in [0.1, 0.15) is 63.2 Å². The maximum absolute atomic E-state index is 13.8. The van der Waals surface area contributed by atoms with E-state index in [4.69, 9.17) is 10.5 Å². The van der Waals surface area contributed by atoms with Gasteiger partial charge in [-0.05, 0) is 86.7 Å². The smallest absolute Gasteiger partial charge is 0.255 e. The van der Waals surface area contributed by atoms with Gasteiger partial charge in [0.2, 0.25) is 0 Å². The van der Waals surface area contributed by atoms with Crippen LogP contribution in [0.5, 0.6) is 5.75 Å². The predicted molar refractivity (Wildman–Crippen MR) is 164 cm³/mol. The Bertz CT molecular complexity index is 1470. The van der Waals surface area contributed by atoms with Gasteiger partial charge in [0.15, 0.2) is 0 Å². The monoisotopic (exact) mass is 587 g/mol. The molecule has 1 saturated heterocycles. The number of rotatable bonds is 7. The van der Waals surface area contributed by atoms with Gasteiger partial charge in [0.1, 0.15) is 11.6 Å². The fourth-order valence-electron chi connectivity index (χ4n) is 5.71. The van der Waals surface area contributed by atoms with Gasteiger partial charge >= 0.3 is 0 Å². The zero-order chi connectivity index (χ0) is 30.3. The van der Waals surface area contributed by atoms with Gasteiger partial charge in [-0.2, -0.15) is 0 Å². The van der Waals surface area contributed by atoms with Crippen LogP contribution < -0.4 is 26.0 Å². The van der Waals surface area contributed by atoms with Crippen LogP contribution >= 0.6 is 0 Å². The summed E-state index contributed by atoms with van der Waals surface area (Å²) < 4.78 is 19.0. The Hall–Kier alpha value is -4.44. The second-order valence-corrected chi connectivity index (χ2v) is 11.1. The molecule has 1 saturated carbocycles. The molecule has 1 aliphatic carbocycles. The van der Waals surface area contributed by atoms with E-state index >= 15 is 0 Å². The van der Waals surface area contributed by atoms with Crippen molar-refractivity contribution in [3.05, 3.63) is 89.2 Å². The summed E-state index contributed by atoms with van der Waals surface area (Å²) in [6.07, 6.45) is 4.10. The standard InChI is InChI=1S/C33H38FN5O4/c1-43-28-8-3-5-22(20-28)32(41)37-29-21-23(31(40)36-27-12-10-26(35)11-13-27)9-14-30(29)38-15-4-16-39(18-17-38)33(42)24-6-2-7-25(34)19-24/h2-3,5-9,14,19-21,26-27H,4,10-13,15-18,35H2,1H3,(H,36,40)(H,37,41). The number of carbonyl (C=O) groups is 3. The van der Waals surface area contributed by atoms with E-state index in [0.29, 0.717) is 60.7 Å². The van der Waals surface area contributed by atoms with Gasteiger partial charge in [0.25, 0.3) is 17.7 Å². The number of methoxy groups -OCH3 is 1. The Morgan fingerprint density at radius 2 is 1.58 bits per heavy atom. The van der Waals surface area contributed by atoms with Crippen molar-refractivity contribution in [2.24, 2.45) is 5.73 Å². The molecule has 0 unspecified atom stereocenters. The van der Waals surface area contributed by atoms with Crippen molar-refractivity contribution >= 4 is 29.1 Å². The number of halogens is 1. The minimum absolute atomic E-state index is 0.0639. The van der Waals surface area contributed by atoms with Gasteiger partial charge in [-0.3, -0.25) is 14.4 Å². The summed E-state index contributed by atoms with van der Waals surface area (Å²) in [5.41, 5.74) is 8.45. The summed E-state index contributed by atoms with van der Waals surface area (Å²) in [6.45, 7) is 2.06. The third-order valence-corrected chi connectivity index (χ3v) is 8.14. The topological polar surface area (TPSA) is 117 Å². The summed E-state index contributed by atoms with van der Waals surface area (Å²) in [4.78, 5) is 43.5. The Labute approximate surface area is 251 Å². The molecule has 9 nitrogen and oxygen atoms in total. The highest BCUT2D eigenvalue weighted by Gasteiger charge is 2.25. The molecule has 226 valence electrons. The second kappa shape index (κ2) is 13.7. The van der Waals surface area contributed by atoms with Gasteiger partial charge in [0.05, 0.1) is 18.5 Å². The van der Waals surface area contributed by atoms with E-state index in [2.05, 4.69) is 15.5 Å². The molecule has 3 aromatic rings. The van der Waals surface area contributed by atoms with Crippen LogP contribution in [0.3, 0.4) is 0 Å². The van der Waals surface area contributed by atoms with Crippen LogP contribution in [0.4, 0.5) is 15.8 Å². The Morgan fingerprint density at radius 1 is 0.837 bits per heavy atom. The van der Waals surface area contributed by atoms with Crippen molar-refractivity contribution in [2.45, 2.75) is 44.2 Å². The molecule has 1 aliphatic heterocycles. The van der Waals surface area contributed by atoms with Gasteiger partial charge in [-0.1, -0.05) is 12.1 Å². The van der Waals surface area contributed by atoms with E-state index in [0.717, 1.165) is 31.4 Å². The molecule has 0 aromatic heterocycles. The molecule has 0 spiro atoms. The van der Waals surface area contributed by atoms with E-state index < -0.39 is 5.82 Å². The van der Waals surface area contributed by atoms with Crippen LogP contribution in [0.25, 0.3) is 0 Å². The lowest BCUT2D eigenvalue weighted by atomic mass is 9.91. The molecular formula is C33H38FN5O4. The first-order chi connectivity index (χ1) is 20.8. The van der Waals surface area contributed by atoms with Crippen LogP contribution in [-0.4, -0.2) is 68.0 Å². The molecule has 43 heavy (non-hydrogen) atoms. The third-order valence-electron chi connectivity index (χ3n) is 8.14. The number of ether oxygens (including phenoxy) is 1. The highest BCUT2D eigenvalue weighted by atomic mass is 19.1. The summed E-state index contributed by atoms with van der Waals surface area (Å²) in [6, 6.07) is 18.1. The first kappa shape index (κ1) is 30.0. The number of benzene rings is 3. The highest BCUT2D eigenvalue weighted by molar-refractivity contribution is 6.07. The molecular weight excluding hydrogens is 549 g/mol. The molecule has 3 amide bonds. The van der Waals surface area contributed by atoms with E-state index in [-0.39, 0.29) is 29.8 Å². The summed E-state index contributed by atoms with van der Waals surface area (Å²) >= 11 is 0. The number of carbonyl (C=O) groups excluding carboxylic acids is 3. The number of nitrogens with two attached hydrogens (primary N) is 1. The molecule has 2 aliphatic rings. The number of hydrogen-bond acceptors (Lipinski definition) is 6. The Morgan fingerprint density at radius 3 is 2.35 bits per heavy atom. The molecule has 10 heteroatoms. The van der Waals surface area contributed by atoms with Crippen LogP contribution in [-0.2, 0) is 0 Å². The SMILES string of the molecule is COc1cccc(C(=O)Nc2cc(C(=O)NC3CCC(N)CC3)ccc2N2CCCN(C(=O)c3cccc(F)c3)CC2)c1. The molecule has 1 heterocycles. The zero-order valence-corrected chi connectivity index (χ0v) is 24.4. The molecule has 3 aromatic carbocycles. The van der Waals surface area contributed by atoms with Gasteiger partial charge < -0.3 is 30.9 Å². The highest BCUT2D eigenvalue weighted by Crippen LogP contribution is 2.30. The van der Waals surface area contributed by atoms with Crippen molar-refractivity contribution in [2.75, 3.05) is 43.5 Å². The van der Waals surface area contributed by atoms with Gasteiger partial charge in [-0.25, -0.2) is 4.39 Å². The fourth-order valence-corrected chi connectivity index (χ4v) is 5.71. The van der Waals surface area contributed by atoms with Crippen molar-refractivity contribution in [1.29, 1.82) is 0 Å². The third kappa shape index (κ3) is 7.50. The van der Waals surface area contributed by atoms with Gasteiger partial charge in [-0.15, -0.1) is 0 Å². The first-order valence-corrected chi connectivity index (χ1v) is 14.8. The van der Waals surface area contributed by atoms with E-state index in [1.54, 1.807) is 54.5 Å². The van der Waals surface area contributed by atoms with Crippen LogP contribution in [0.2, 0.25) is 0 Å². The summed E-state index contributed by atoms with van der Waals surface area (Å²) in [5, 5.41) is 6.13. The van der Waals surface area contributed by atoms with E-state index in [9.17, 15) is 18.8 Å². The summed E-state index contributed by atoms with van der Waals surface area (Å²) in [5.74, 6) is -0.648. The van der Waals surface area contributed by atoms with Crippen LogP contribution in [0, 0.1) is 5.82 Å². The Kier molecular flexibility index (Phi) is 9.56. The average Bonchev–Trinajstić information content (AvgIpc) is 3.28. The zero-order valence-electron chi connectivity index (χ0n) is 24.4. The molecule has 0 bridgehead atoms. The number of nitrogens with one attached hydrogen (secondary N) is 2. The number of amides is 3. The summed E-state index contributed by atoms with van der Waals surface area (Å²) in [7, 11) is 1.54. The van der Waals surface area contributed by atoms with Gasteiger partial charge in [0, 0.05) is 55.0 Å².